The molecule has 1 aliphatic heterocycles. The molecular formula is C15H25N3O. The molecule has 1 fully saturated rings. The molecule has 0 amide bonds. The van der Waals surface area contributed by atoms with Gasteiger partial charge in [0.1, 0.15) is 0 Å². The Bertz CT molecular complexity index is 408. The van der Waals surface area contributed by atoms with Crippen LogP contribution in [0.1, 0.15) is 32.9 Å². The minimum absolute atomic E-state index is 0.114. The molecule has 1 unspecified atom stereocenters. The van der Waals surface area contributed by atoms with E-state index in [9.17, 15) is 0 Å². The number of ether oxygens (including phenoxy) is 1. The van der Waals surface area contributed by atoms with E-state index >= 15 is 0 Å². The third-order valence-electron chi connectivity index (χ3n) is 3.46. The summed E-state index contributed by atoms with van der Waals surface area (Å²) >= 11 is 0. The first-order valence-electron chi connectivity index (χ1n) is 6.96. The fourth-order valence-electron chi connectivity index (χ4n) is 2.18. The van der Waals surface area contributed by atoms with Gasteiger partial charge in [0.25, 0.3) is 0 Å². The fraction of sp³-hybridized carbons (Fsp3) is 0.667. The minimum Gasteiger partial charge on any atom is -0.379 e. The first kappa shape index (κ1) is 14.3. The number of likely N-dealkylation sites (N-methyl/N-ethyl adjacent to an activating group) is 1. The number of rotatable bonds is 4. The second kappa shape index (κ2) is 5.88. The van der Waals surface area contributed by atoms with Gasteiger partial charge >= 0.3 is 0 Å². The van der Waals surface area contributed by atoms with Crippen LogP contribution in [0.5, 0.6) is 0 Å². The smallest absolute Gasteiger partial charge is 0.0670 e. The Morgan fingerprint density at radius 3 is 2.89 bits per heavy atom. The first-order chi connectivity index (χ1) is 8.96. The first-order valence-corrected chi connectivity index (χ1v) is 6.96. The molecule has 1 saturated heterocycles. The van der Waals surface area contributed by atoms with Crippen LogP contribution in [0.25, 0.3) is 0 Å². The molecule has 4 nitrogen and oxygen atoms in total. The molecule has 0 aliphatic carbocycles. The Hall–Kier alpha value is -1.13. The van der Waals surface area contributed by atoms with Crippen molar-refractivity contribution in [3.63, 3.8) is 0 Å². The quantitative estimate of drug-likeness (QED) is 0.903. The molecule has 1 aromatic rings. The van der Waals surface area contributed by atoms with E-state index in [0.717, 1.165) is 31.9 Å². The van der Waals surface area contributed by atoms with E-state index in [-0.39, 0.29) is 5.54 Å². The number of anilines is 1. The summed E-state index contributed by atoms with van der Waals surface area (Å²) in [7, 11) is 2.13. The molecule has 0 saturated carbocycles. The number of pyridine rings is 1. The average Bonchev–Trinajstić information content (AvgIpc) is 2.89. The van der Waals surface area contributed by atoms with E-state index in [0.29, 0.717) is 6.04 Å². The van der Waals surface area contributed by atoms with Gasteiger partial charge in [0.05, 0.1) is 18.3 Å². The maximum absolute atomic E-state index is 5.45. The number of hydrogen-bond donors (Lipinski definition) is 1. The van der Waals surface area contributed by atoms with Gasteiger partial charge in [-0.25, -0.2) is 0 Å². The lowest BCUT2D eigenvalue weighted by Gasteiger charge is -2.26. The predicted molar refractivity (Wildman–Crippen MR) is 78.5 cm³/mol. The predicted octanol–water partition coefficient (Wildman–Crippen LogP) is 2.19. The van der Waals surface area contributed by atoms with Gasteiger partial charge in [-0.3, -0.25) is 4.98 Å². The largest absolute Gasteiger partial charge is 0.379 e. The summed E-state index contributed by atoms with van der Waals surface area (Å²) in [5.41, 5.74) is 2.41. The third-order valence-corrected chi connectivity index (χ3v) is 3.46. The van der Waals surface area contributed by atoms with Gasteiger partial charge < -0.3 is 15.0 Å². The molecule has 1 N–H and O–H groups in total. The Labute approximate surface area is 116 Å². The molecule has 0 spiro atoms. The van der Waals surface area contributed by atoms with Crippen LogP contribution in [-0.4, -0.2) is 36.8 Å². The minimum atomic E-state index is 0.114. The molecule has 19 heavy (non-hydrogen) atoms. The van der Waals surface area contributed by atoms with Crippen LogP contribution in [0, 0.1) is 0 Å². The normalized spacial score (nSPS) is 19.7. The maximum atomic E-state index is 5.45. The van der Waals surface area contributed by atoms with Gasteiger partial charge in [-0.15, -0.1) is 0 Å². The van der Waals surface area contributed by atoms with Crippen LogP contribution in [0.15, 0.2) is 18.3 Å². The second-order valence-corrected chi connectivity index (χ2v) is 6.24. The monoisotopic (exact) mass is 263 g/mol. The highest BCUT2D eigenvalue weighted by Crippen LogP contribution is 2.20. The molecule has 106 valence electrons. The lowest BCUT2D eigenvalue weighted by molar-refractivity contribution is 0.193. The molecule has 1 aliphatic rings. The Balaban J connectivity index is 2.01. The standard InChI is InChI=1S/C15H25N3O/c1-15(2,3)17-10-12-9-13(5-7-16-12)18(4)14-6-8-19-11-14/h5,7,9,14,17H,6,8,10-11H2,1-4H3. The topological polar surface area (TPSA) is 37.4 Å². The summed E-state index contributed by atoms with van der Waals surface area (Å²) < 4.78 is 5.45. The van der Waals surface area contributed by atoms with Gasteiger partial charge in [-0.05, 0) is 39.3 Å². The average molecular weight is 263 g/mol. The summed E-state index contributed by atoms with van der Waals surface area (Å²) in [5, 5.41) is 3.47. The van der Waals surface area contributed by atoms with Crippen LogP contribution in [0.3, 0.4) is 0 Å². The molecule has 2 heterocycles. The SMILES string of the molecule is CN(c1ccnc(CNC(C)(C)C)c1)C1CCOC1. The van der Waals surface area contributed by atoms with Crippen molar-refractivity contribution in [2.24, 2.45) is 0 Å². The summed E-state index contributed by atoms with van der Waals surface area (Å²) in [6, 6.07) is 4.72. The van der Waals surface area contributed by atoms with E-state index in [4.69, 9.17) is 4.74 Å². The summed E-state index contributed by atoms with van der Waals surface area (Å²) in [4.78, 5) is 6.73. The third kappa shape index (κ3) is 4.18. The zero-order chi connectivity index (χ0) is 13.9. The highest BCUT2D eigenvalue weighted by atomic mass is 16.5. The maximum Gasteiger partial charge on any atom is 0.0670 e. The lowest BCUT2D eigenvalue weighted by Crippen LogP contribution is -2.35. The van der Waals surface area contributed by atoms with Crippen LogP contribution in [-0.2, 0) is 11.3 Å². The molecule has 0 aromatic carbocycles. The van der Waals surface area contributed by atoms with Crippen molar-refractivity contribution >= 4 is 5.69 Å². The molecule has 0 bridgehead atoms. The summed E-state index contributed by atoms with van der Waals surface area (Å²) in [6.07, 6.45) is 3.00. The van der Waals surface area contributed by atoms with Crippen molar-refractivity contribution in [3.05, 3.63) is 24.0 Å². The molecule has 4 heteroatoms. The second-order valence-electron chi connectivity index (χ2n) is 6.24. The van der Waals surface area contributed by atoms with Gasteiger partial charge in [0.15, 0.2) is 0 Å². The fourth-order valence-corrected chi connectivity index (χ4v) is 2.18. The molecular weight excluding hydrogens is 238 g/mol. The van der Waals surface area contributed by atoms with Crippen LogP contribution in [0.2, 0.25) is 0 Å². The van der Waals surface area contributed by atoms with Crippen LogP contribution >= 0.6 is 0 Å². The summed E-state index contributed by atoms with van der Waals surface area (Å²) in [6.45, 7) is 9.00. The zero-order valence-electron chi connectivity index (χ0n) is 12.4. The van der Waals surface area contributed by atoms with Crippen molar-refractivity contribution < 1.29 is 4.74 Å². The Morgan fingerprint density at radius 2 is 2.26 bits per heavy atom. The van der Waals surface area contributed by atoms with Gasteiger partial charge in [-0.1, -0.05) is 0 Å². The van der Waals surface area contributed by atoms with E-state index in [1.165, 1.54) is 5.69 Å². The zero-order valence-corrected chi connectivity index (χ0v) is 12.4. The van der Waals surface area contributed by atoms with Crippen molar-refractivity contribution in [1.82, 2.24) is 10.3 Å². The van der Waals surface area contributed by atoms with E-state index < -0.39 is 0 Å². The van der Waals surface area contributed by atoms with E-state index in [1.54, 1.807) is 0 Å². The van der Waals surface area contributed by atoms with Gasteiger partial charge in [0, 0.05) is 37.6 Å². The Kier molecular flexibility index (Phi) is 4.42. The van der Waals surface area contributed by atoms with Crippen LogP contribution < -0.4 is 10.2 Å². The van der Waals surface area contributed by atoms with Crippen molar-refractivity contribution in [1.29, 1.82) is 0 Å². The number of nitrogens with zero attached hydrogens (tertiary/aromatic N) is 2. The lowest BCUT2D eigenvalue weighted by atomic mass is 10.1. The van der Waals surface area contributed by atoms with Crippen molar-refractivity contribution in [3.8, 4) is 0 Å². The molecule has 0 radical (unpaired) electrons. The van der Waals surface area contributed by atoms with Gasteiger partial charge in [-0.2, -0.15) is 0 Å². The Morgan fingerprint density at radius 1 is 1.47 bits per heavy atom. The molecule has 1 aromatic heterocycles. The molecule has 1 atom stereocenters. The van der Waals surface area contributed by atoms with Crippen molar-refractivity contribution in [2.45, 2.75) is 45.3 Å². The van der Waals surface area contributed by atoms with E-state index in [1.807, 2.05) is 6.20 Å². The highest BCUT2D eigenvalue weighted by Gasteiger charge is 2.20. The van der Waals surface area contributed by atoms with Crippen molar-refractivity contribution in [2.75, 3.05) is 25.2 Å². The highest BCUT2D eigenvalue weighted by molar-refractivity contribution is 5.47. The van der Waals surface area contributed by atoms with Gasteiger partial charge in [0.2, 0.25) is 0 Å². The summed E-state index contributed by atoms with van der Waals surface area (Å²) in [5.74, 6) is 0. The number of nitrogens with one attached hydrogen (secondary N) is 1. The molecule has 2 rings (SSSR count). The van der Waals surface area contributed by atoms with E-state index in [2.05, 4.69) is 55.2 Å². The number of aromatic nitrogens is 1. The number of hydrogen-bond acceptors (Lipinski definition) is 4. The van der Waals surface area contributed by atoms with Crippen LogP contribution in [0.4, 0.5) is 5.69 Å².